The zero-order valence-electron chi connectivity index (χ0n) is 8.74. The summed E-state index contributed by atoms with van der Waals surface area (Å²) in [5.41, 5.74) is 0.163. The first-order valence-electron chi connectivity index (χ1n) is 4.57. The highest BCUT2D eigenvalue weighted by Gasteiger charge is 2.21. The molecule has 0 radical (unpaired) electrons. The number of pyridine rings is 1. The molecule has 1 rings (SSSR count). The SMILES string of the molecule is C[C@H](Oc1cccnc1)C(C)(C)C. The van der Waals surface area contributed by atoms with E-state index in [1.165, 1.54) is 0 Å². The predicted molar refractivity (Wildman–Crippen MR) is 53.8 cm³/mol. The maximum absolute atomic E-state index is 5.72. The van der Waals surface area contributed by atoms with Gasteiger partial charge in [-0.3, -0.25) is 4.98 Å². The van der Waals surface area contributed by atoms with Gasteiger partial charge < -0.3 is 4.74 Å². The molecule has 0 aromatic carbocycles. The fourth-order valence-corrected chi connectivity index (χ4v) is 0.798. The Morgan fingerprint density at radius 2 is 2.08 bits per heavy atom. The Morgan fingerprint density at radius 1 is 1.38 bits per heavy atom. The largest absolute Gasteiger partial charge is 0.489 e. The van der Waals surface area contributed by atoms with Gasteiger partial charge >= 0.3 is 0 Å². The minimum atomic E-state index is 0.163. The van der Waals surface area contributed by atoms with Crippen LogP contribution in [0.2, 0.25) is 0 Å². The van der Waals surface area contributed by atoms with Gasteiger partial charge in [0.15, 0.2) is 0 Å². The maximum atomic E-state index is 5.72. The molecule has 0 N–H and O–H groups in total. The highest BCUT2D eigenvalue weighted by atomic mass is 16.5. The lowest BCUT2D eigenvalue weighted by Crippen LogP contribution is -2.28. The fraction of sp³-hybridized carbons (Fsp3) is 0.545. The topological polar surface area (TPSA) is 22.1 Å². The van der Waals surface area contributed by atoms with Crippen molar-refractivity contribution in [3.8, 4) is 5.75 Å². The smallest absolute Gasteiger partial charge is 0.138 e. The lowest BCUT2D eigenvalue weighted by Gasteiger charge is -2.27. The lowest BCUT2D eigenvalue weighted by molar-refractivity contribution is 0.103. The second-order valence-electron chi connectivity index (χ2n) is 4.31. The lowest BCUT2D eigenvalue weighted by atomic mass is 9.90. The van der Waals surface area contributed by atoms with Crippen molar-refractivity contribution in [1.82, 2.24) is 4.98 Å². The van der Waals surface area contributed by atoms with Crippen molar-refractivity contribution in [3.05, 3.63) is 24.5 Å². The number of hydrogen-bond donors (Lipinski definition) is 0. The molecular formula is C11H17NO. The third-order valence-electron chi connectivity index (χ3n) is 2.17. The Bertz CT molecular complexity index is 251. The van der Waals surface area contributed by atoms with Crippen molar-refractivity contribution < 1.29 is 4.74 Å². The van der Waals surface area contributed by atoms with Gasteiger partial charge in [0.2, 0.25) is 0 Å². The third kappa shape index (κ3) is 3.05. The summed E-state index contributed by atoms with van der Waals surface area (Å²) in [6, 6.07) is 3.81. The first kappa shape index (κ1) is 10.0. The number of ether oxygens (including phenoxy) is 1. The molecule has 0 aliphatic rings. The van der Waals surface area contributed by atoms with Crippen LogP contribution in [0.15, 0.2) is 24.5 Å². The average Bonchev–Trinajstić information content (AvgIpc) is 2.04. The molecule has 0 amide bonds. The number of rotatable bonds is 2. The van der Waals surface area contributed by atoms with Gasteiger partial charge in [0.05, 0.1) is 6.20 Å². The molecule has 0 saturated carbocycles. The normalized spacial score (nSPS) is 13.8. The van der Waals surface area contributed by atoms with E-state index < -0.39 is 0 Å². The van der Waals surface area contributed by atoms with Crippen molar-refractivity contribution in [3.63, 3.8) is 0 Å². The van der Waals surface area contributed by atoms with E-state index in [1.807, 2.05) is 12.1 Å². The second kappa shape index (κ2) is 3.77. The van der Waals surface area contributed by atoms with Gasteiger partial charge in [0.1, 0.15) is 11.9 Å². The van der Waals surface area contributed by atoms with Gasteiger partial charge in [-0.05, 0) is 24.5 Å². The molecule has 0 saturated heterocycles. The van der Waals surface area contributed by atoms with Gasteiger partial charge in [-0.2, -0.15) is 0 Å². The van der Waals surface area contributed by atoms with Crippen LogP contribution in [0.5, 0.6) is 5.75 Å². The minimum absolute atomic E-state index is 0.163. The molecule has 0 spiro atoms. The van der Waals surface area contributed by atoms with Crippen LogP contribution in [0.1, 0.15) is 27.7 Å². The van der Waals surface area contributed by atoms with Gasteiger partial charge in [-0.15, -0.1) is 0 Å². The molecule has 13 heavy (non-hydrogen) atoms. The zero-order valence-corrected chi connectivity index (χ0v) is 8.74. The summed E-state index contributed by atoms with van der Waals surface area (Å²) in [5.74, 6) is 0.838. The Labute approximate surface area is 80.0 Å². The van der Waals surface area contributed by atoms with Crippen molar-refractivity contribution in [2.24, 2.45) is 5.41 Å². The summed E-state index contributed by atoms with van der Waals surface area (Å²) < 4.78 is 5.72. The van der Waals surface area contributed by atoms with Crippen LogP contribution < -0.4 is 4.74 Å². The highest BCUT2D eigenvalue weighted by Crippen LogP contribution is 2.23. The highest BCUT2D eigenvalue weighted by molar-refractivity contribution is 5.15. The molecule has 1 heterocycles. The van der Waals surface area contributed by atoms with E-state index in [4.69, 9.17) is 4.74 Å². The molecule has 1 aromatic heterocycles. The Hall–Kier alpha value is -1.05. The first-order chi connectivity index (χ1) is 6.00. The van der Waals surface area contributed by atoms with Crippen molar-refractivity contribution in [1.29, 1.82) is 0 Å². The predicted octanol–water partition coefficient (Wildman–Crippen LogP) is 2.90. The van der Waals surface area contributed by atoms with E-state index in [-0.39, 0.29) is 11.5 Å². The van der Waals surface area contributed by atoms with Gasteiger partial charge in [0.25, 0.3) is 0 Å². The van der Waals surface area contributed by atoms with E-state index in [9.17, 15) is 0 Å². The number of nitrogens with zero attached hydrogens (tertiary/aromatic N) is 1. The molecule has 2 heteroatoms. The second-order valence-corrected chi connectivity index (χ2v) is 4.31. The van der Waals surface area contributed by atoms with Crippen LogP contribution in [0.3, 0.4) is 0 Å². The third-order valence-corrected chi connectivity index (χ3v) is 2.17. The quantitative estimate of drug-likeness (QED) is 0.696. The van der Waals surface area contributed by atoms with Crippen LogP contribution in [0.25, 0.3) is 0 Å². The van der Waals surface area contributed by atoms with Crippen LogP contribution in [-0.2, 0) is 0 Å². The van der Waals surface area contributed by atoms with Crippen LogP contribution in [0.4, 0.5) is 0 Å². The van der Waals surface area contributed by atoms with Gasteiger partial charge in [-0.25, -0.2) is 0 Å². The summed E-state index contributed by atoms with van der Waals surface area (Å²) in [6.45, 7) is 8.56. The minimum Gasteiger partial charge on any atom is -0.489 e. The van der Waals surface area contributed by atoms with Crippen LogP contribution in [0, 0.1) is 5.41 Å². The van der Waals surface area contributed by atoms with Crippen LogP contribution >= 0.6 is 0 Å². The van der Waals surface area contributed by atoms with Gasteiger partial charge in [-0.1, -0.05) is 20.8 Å². The summed E-state index contributed by atoms with van der Waals surface area (Å²) in [7, 11) is 0. The zero-order chi connectivity index (χ0) is 9.90. The molecule has 1 aromatic rings. The van der Waals surface area contributed by atoms with Crippen molar-refractivity contribution in [2.45, 2.75) is 33.8 Å². The van der Waals surface area contributed by atoms with Gasteiger partial charge in [0, 0.05) is 6.20 Å². The monoisotopic (exact) mass is 179 g/mol. The first-order valence-corrected chi connectivity index (χ1v) is 4.57. The molecule has 0 fully saturated rings. The summed E-state index contributed by atoms with van der Waals surface area (Å²) >= 11 is 0. The molecule has 0 aliphatic heterocycles. The van der Waals surface area contributed by atoms with Crippen molar-refractivity contribution >= 4 is 0 Å². The number of hydrogen-bond acceptors (Lipinski definition) is 2. The van der Waals surface area contributed by atoms with E-state index in [0.717, 1.165) is 5.75 Å². The fourth-order valence-electron chi connectivity index (χ4n) is 0.798. The van der Waals surface area contributed by atoms with Crippen molar-refractivity contribution in [2.75, 3.05) is 0 Å². The van der Waals surface area contributed by atoms with E-state index in [0.29, 0.717) is 0 Å². The number of aromatic nitrogens is 1. The van der Waals surface area contributed by atoms with E-state index >= 15 is 0 Å². The standard InChI is InChI=1S/C11H17NO/c1-9(11(2,3)4)13-10-6-5-7-12-8-10/h5-9H,1-4H3/t9-/m0/s1. The van der Waals surface area contributed by atoms with E-state index in [2.05, 4.69) is 32.7 Å². The maximum Gasteiger partial charge on any atom is 0.138 e. The molecule has 0 unspecified atom stereocenters. The molecule has 0 bridgehead atoms. The Kier molecular flexibility index (Phi) is 2.91. The molecule has 72 valence electrons. The molecule has 0 aliphatic carbocycles. The Balaban J connectivity index is 2.61. The van der Waals surface area contributed by atoms with E-state index in [1.54, 1.807) is 12.4 Å². The molecule has 1 atom stereocenters. The van der Waals surface area contributed by atoms with Crippen LogP contribution in [-0.4, -0.2) is 11.1 Å². The summed E-state index contributed by atoms with van der Waals surface area (Å²) in [6.07, 6.45) is 3.67. The molecular weight excluding hydrogens is 162 g/mol. The summed E-state index contributed by atoms with van der Waals surface area (Å²) in [4.78, 5) is 3.99. The molecule has 2 nitrogen and oxygen atoms in total. The summed E-state index contributed by atoms with van der Waals surface area (Å²) in [5, 5.41) is 0. The Morgan fingerprint density at radius 3 is 2.54 bits per heavy atom. The average molecular weight is 179 g/mol.